The number of nitrogens with one attached hydrogen (secondary N) is 2. The molecule has 0 unspecified atom stereocenters. The Hall–Kier alpha value is -1.78. The van der Waals surface area contributed by atoms with Gasteiger partial charge in [0.1, 0.15) is 0 Å². The molecule has 1 aromatic rings. The Balaban J connectivity index is 2.65. The molecule has 5 heteroatoms. The van der Waals surface area contributed by atoms with Gasteiger partial charge in [0.05, 0.1) is 11.4 Å². The van der Waals surface area contributed by atoms with Gasteiger partial charge in [-0.1, -0.05) is 0 Å². The molecule has 0 spiro atoms. The second kappa shape index (κ2) is 3.56. The molecule has 4 N–H and O–H groups in total. The van der Waals surface area contributed by atoms with E-state index in [1.807, 2.05) is 12.1 Å². The molecule has 1 rings (SSSR count). The van der Waals surface area contributed by atoms with Crippen LogP contribution in [0.3, 0.4) is 0 Å². The van der Waals surface area contributed by atoms with Crippen LogP contribution in [0.1, 0.15) is 12.6 Å². The number of aromatic amines is 1. The number of aromatic nitrogens is 1. The number of hydrogen-bond acceptors (Lipinski definition) is 2. The topological polar surface area (TPSA) is 83.3 Å². The molecule has 0 saturated heterocycles. The summed E-state index contributed by atoms with van der Waals surface area (Å²) < 4.78 is 0. The third kappa shape index (κ3) is 2.12. The summed E-state index contributed by atoms with van der Waals surface area (Å²) in [5, 5.41) is 3.73. The van der Waals surface area contributed by atoms with Crippen LogP contribution in [0.25, 0.3) is 0 Å². The summed E-state index contributed by atoms with van der Waals surface area (Å²) in [5.41, 5.74) is 8.50. The number of urea groups is 1. The second-order valence-electron chi connectivity index (χ2n) is 2.26. The third-order valence-electron chi connectivity index (χ3n) is 1.32. The summed E-state index contributed by atoms with van der Waals surface area (Å²) in [6, 6.07) is 3.03. The highest BCUT2D eigenvalue weighted by Crippen LogP contribution is 1.95. The maximum Gasteiger partial charge on any atom is 0.332 e. The number of H-pyrrole nitrogens is 1. The van der Waals surface area contributed by atoms with Crippen molar-refractivity contribution in [3.8, 4) is 0 Å². The molecule has 0 bridgehead atoms. The fourth-order valence-corrected chi connectivity index (χ4v) is 0.755. The smallest absolute Gasteiger partial charge is 0.332 e. The first-order valence-electron chi connectivity index (χ1n) is 3.43. The van der Waals surface area contributed by atoms with E-state index in [1.165, 1.54) is 0 Å². The molecule has 0 aromatic carbocycles. The number of amides is 2. The Bertz CT molecular complexity index is 288. The Morgan fingerprint density at radius 2 is 2.50 bits per heavy atom. The van der Waals surface area contributed by atoms with Crippen molar-refractivity contribution in [3.05, 3.63) is 24.0 Å². The van der Waals surface area contributed by atoms with E-state index in [4.69, 9.17) is 5.73 Å². The molecule has 2 amide bonds. The lowest BCUT2D eigenvalue weighted by molar-refractivity contribution is 0.249. The van der Waals surface area contributed by atoms with Crippen LogP contribution < -0.4 is 11.2 Å². The molecule has 0 fully saturated rings. The van der Waals surface area contributed by atoms with Crippen molar-refractivity contribution >= 4 is 11.7 Å². The molecule has 5 nitrogen and oxygen atoms in total. The van der Waals surface area contributed by atoms with E-state index in [-0.39, 0.29) is 0 Å². The second-order valence-corrected chi connectivity index (χ2v) is 2.26. The van der Waals surface area contributed by atoms with Crippen LogP contribution in [0.4, 0.5) is 4.79 Å². The van der Waals surface area contributed by atoms with Crippen LogP contribution in [-0.4, -0.2) is 16.7 Å². The number of hydrogen-bond donors (Lipinski definition) is 3. The van der Waals surface area contributed by atoms with E-state index in [2.05, 4.69) is 15.5 Å². The number of nitrogens with zero attached hydrogens (tertiary/aromatic N) is 1. The summed E-state index contributed by atoms with van der Waals surface area (Å²) in [6.07, 6.45) is 1.78. The lowest BCUT2D eigenvalue weighted by Gasteiger charge is -1.96. The van der Waals surface area contributed by atoms with Crippen LogP contribution in [0.15, 0.2) is 23.4 Å². The summed E-state index contributed by atoms with van der Waals surface area (Å²) >= 11 is 0. The Morgan fingerprint density at radius 3 is 3.00 bits per heavy atom. The zero-order valence-corrected chi connectivity index (χ0v) is 6.66. The minimum Gasteiger partial charge on any atom is -0.360 e. The average Bonchev–Trinajstić information content (AvgIpc) is 2.51. The van der Waals surface area contributed by atoms with Gasteiger partial charge in [0, 0.05) is 6.20 Å². The number of carbonyl (C=O) groups excluding carboxylic acids is 1. The predicted molar refractivity (Wildman–Crippen MR) is 45.7 cm³/mol. The number of carbonyl (C=O) groups is 1. The van der Waals surface area contributed by atoms with Crippen molar-refractivity contribution < 1.29 is 4.79 Å². The molecule has 0 aliphatic rings. The molecule has 1 heterocycles. The van der Waals surface area contributed by atoms with Crippen LogP contribution >= 0.6 is 0 Å². The molecule has 0 atom stereocenters. The standard InChI is InChI=1S/C7H10N4O/c1-5(10-11-7(8)12)6-3-2-4-9-6/h2-4,9H,1H3,(H3,8,11,12)/b10-5+. The molecular weight excluding hydrogens is 156 g/mol. The highest BCUT2D eigenvalue weighted by Gasteiger charge is 1.96. The molecule has 1 aromatic heterocycles. The minimum atomic E-state index is -0.666. The molecule has 0 radical (unpaired) electrons. The fraction of sp³-hybridized carbons (Fsp3) is 0.143. The van der Waals surface area contributed by atoms with E-state index < -0.39 is 6.03 Å². The predicted octanol–water partition coefficient (Wildman–Crippen LogP) is 0.407. The van der Waals surface area contributed by atoms with Gasteiger partial charge in [0.25, 0.3) is 0 Å². The SMILES string of the molecule is C/C(=N\NC(N)=O)c1ccc[nH]1. The van der Waals surface area contributed by atoms with Crippen molar-refractivity contribution in [1.29, 1.82) is 0 Å². The molecule has 64 valence electrons. The summed E-state index contributed by atoms with van der Waals surface area (Å²) in [5.74, 6) is 0. The van der Waals surface area contributed by atoms with Gasteiger partial charge >= 0.3 is 6.03 Å². The van der Waals surface area contributed by atoms with E-state index in [1.54, 1.807) is 13.1 Å². The zero-order chi connectivity index (χ0) is 8.97. The van der Waals surface area contributed by atoms with Crippen molar-refractivity contribution in [2.75, 3.05) is 0 Å². The Kier molecular flexibility index (Phi) is 2.47. The summed E-state index contributed by atoms with van der Waals surface area (Å²) in [4.78, 5) is 13.2. The summed E-state index contributed by atoms with van der Waals surface area (Å²) in [6.45, 7) is 1.77. The van der Waals surface area contributed by atoms with Crippen LogP contribution in [0.5, 0.6) is 0 Å². The van der Waals surface area contributed by atoms with Crippen LogP contribution in [0.2, 0.25) is 0 Å². The first-order valence-corrected chi connectivity index (χ1v) is 3.43. The third-order valence-corrected chi connectivity index (χ3v) is 1.32. The van der Waals surface area contributed by atoms with Gasteiger partial charge < -0.3 is 10.7 Å². The fourth-order valence-electron chi connectivity index (χ4n) is 0.755. The lowest BCUT2D eigenvalue weighted by atomic mass is 10.3. The molecule has 12 heavy (non-hydrogen) atoms. The monoisotopic (exact) mass is 166 g/mol. The van der Waals surface area contributed by atoms with Gasteiger partial charge in [-0.15, -0.1) is 0 Å². The largest absolute Gasteiger partial charge is 0.360 e. The van der Waals surface area contributed by atoms with E-state index in [0.717, 1.165) is 5.69 Å². The first kappa shape index (κ1) is 8.32. The Labute approximate surface area is 69.7 Å². The molecule has 0 aliphatic carbocycles. The summed E-state index contributed by atoms with van der Waals surface area (Å²) in [7, 11) is 0. The normalized spacial score (nSPS) is 11.2. The number of nitrogens with two attached hydrogens (primary N) is 1. The van der Waals surface area contributed by atoms with Gasteiger partial charge in [0.2, 0.25) is 0 Å². The van der Waals surface area contributed by atoms with Crippen molar-refractivity contribution in [2.24, 2.45) is 10.8 Å². The van der Waals surface area contributed by atoms with Gasteiger partial charge in [0.15, 0.2) is 0 Å². The van der Waals surface area contributed by atoms with Gasteiger partial charge in [-0.25, -0.2) is 10.2 Å². The van der Waals surface area contributed by atoms with Gasteiger partial charge in [-0.2, -0.15) is 5.10 Å². The van der Waals surface area contributed by atoms with Crippen molar-refractivity contribution in [3.63, 3.8) is 0 Å². The van der Waals surface area contributed by atoms with Crippen LogP contribution in [0, 0.1) is 0 Å². The Morgan fingerprint density at radius 1 is 1.75 bits per heavy atom. The van der Waals surface area contributed by atoms with E-state index in [9.17, 15) is 4.79 Å². The van der Waals surface area contributed by atoms with Crippen molar-refractivity contribution in [1.82, 2.24) is 10.4 Å². The number of rotatable bonds is 2. The number of primary amides is 1. The molecular formula is C7H10N4O. The highest BCUT2D eigenvalue weighted by molar-refractivity contribution is 5.97. The van der Waals surface area contributed by atoms with E-state index >= 15 is 0 Å². The lowest BCUT2D eigenvalue weighted by Crippen LogP contribution is -2.25. The maximum atomic E-state index is 10.3. The van der Waals surface area contributed by atoms with Crippen LogP contribution in [-0.2, 0) is 0 Å². The maximum absolute atomic E-state index is 10.3. The minimum absolute atomic E-state index is 0.666. The molecule has 0 aliphatic heterocycles. The highest BCUT2D eigenvalue weighted by atomic mass is 16.2. The zero-order valence-electron chi connectivity index (χ0n) is 6.66. The van der Waals surface area contributed by atoms with E-state index in [0.29, 0.717) is 5.71 Å². The molecule has 0 saturated carbocycles. The van der Waals surface area contributed by atoms with Gasteiger partial charge in [-0.05, 0) is 19.1 Å². The van der Waals surface area contributed by atoms with Gasteiger partial charge in [-0.3, -0.25) is 0 Å². The number of hydrazone groups is 1. The van der Waals surface area contributed by atoms with Crippen molar-refractivity contribution in [2.45, 2.75) is 6.92 Å². The average molecular weight is 166 g/mol. The first-order chi connectivity index (χ1) is 5.70. The quantitative estimate of drug-likeness (QED) is 0.431.